The van der Waals surface area contributed by atoms with Gasteiger partial charge in [-0.25, -0.2) is 8.42 Å². The van der Waals surface area contributed by atoms with Crippen molar-refractivity contribution in [3.63, 3.8) is 0 Å². The molecular formula is C22H33N3O4S. The molecule has 3 rings (SSSR count). The van der Waals surface area contributed by atoms with E-state index in [1.54, 1.807) is 21.9 Å². The van der Waals surface area contributed by atoms with Crippen molar-refractivity contribution in [2.45, 2.75) is 64.3 Å². The van der Waals surface area contributed by atoms with E-state index in [0.717, 1.165) is 24.1 Å². The van der Waals surface area contributed by atoms with Gasteiger partial charge in [0.25, 0.3) is 0 Å². The Morgan fingerprint density at radius 1 is 1.23 bits per heavy atom. The number of benzene rings is 1. The van der Waals surface area contributed by atoms with E-state index in [1.165, 1.54) is 6.07 Å². The Morgan fingerprint density at radius 2 is 1.97 bits per heavy atom. The maximum Gasteiger partial charge on any atom is 0.241 e. The average molecular weight is 436 g/mol. The monoisotopic (exact) mass is 435 g/mol. The molecule has 0 spiro atoms. The summed E-state index contributed by atoms with van der Waals surface area (Å²) in [4.78, 5) is 28.8. The van der Waals surface area contributed by atoms with E-state index in [2.05, 4.69) is 11.6 Å². The molecule has 1 fully saturated rings. The van der Waals surface area contributed by atoms with E-state index in [-0.39, 0.29) is 22.6 Å². The van der Waals surface area contributed by atoms with Gasteiger partial charge in [0.15, 0.2) is 0 Å². The normalized spacial score (nSPS) is 20.4. The summed E-state index contributed by atoms with van der Waals surface area (Å²) < 4.78 is 28.9. The first-order chi connectivity index (χ1) is 14.1. The Hall–Kier alpha value is -1.93. The quantitative estimate of drug-likeness (QED) is 0.744. The molecule has 166 valence electrons. The number of carbonyl (C=O) groups is 2. The van der Waals surface area contributed by atoms with E-state index >= 15 is 0 Å². The SMILES string of the molecule is CCC(=O)N1CCc2cc(S(=O)(=O)N[C@@H](C(=O)N3CCC[C@H](C)C3)C(C)C)ccc21. The van der Waals surface area contributed by atoms with Crippen LogP contribution in [0.5, 0.6) is 0 Å². The van der Waals surface area contributed by atoms with Crippen LogP contribution < -0.4 is 9.62 Å². The van der Waals surface area contributed by atoms with E-state index in [9.17, 15) is 18.0 Å². The fraction of sp³-hybridized carbons (Fsp3) is 0.636. The zero-order valence-corrected chi connectivity index (χ0v) is 19.2. The molecule has 0 radical (unpaired) electrons. The zero-order valence-electron chi connectivity index (χ0n) is 18.3. The molecule has 2 amide bonds. The molecule has 2 aliphatic rings. The second kappa shape index (κ2) is 9.06. The highest BCUT2D eigenvalue weighted by Gasteiger charge is 2.34. The van der Waals surface area contributed by atoms with Crippen LogP contribution in [0.25, 0.3) is 0 Å². The fourth-order valence-electron chi connectivity index (χ4n) is 4.29. The van der Waals surface area contributed by atoms with Crippen LogP contribution in [-0.2, 0) is 26.0 Å². The minimum Gasteiger partial charge on any atom is -0.341 e. The maximum absolute atomic E-state index is 13.1. The number of nitrogens with zero attached hydrogens (tertiary/aromatic N) is 2. The molecular weight excluding hydrogens is 402 g/mol. The largest absolute Gasteiger partial charge is 0.341 e. The zero-order chi connectivity index (χ0) is 22.1. The van der Waals surface area contributed by atoms with Crippen molar-refractivity contribution in [2.75, 3.05) is 24.5 Å². The van der Waals surface area contributed by atoms with Crippen molar-refractivity contribution in [3.05, 3.63) is 23.8 Å². The highest BCUT2D eigenvalue weighted by molar-refractivity contribution is 7.89. The molecule has 1 aromatic carbocycles. The van der Waals surface area contributed by atoms with Crippen LogP contribution in [0, 0.1) is 11.8 Å². The van der Waals surface area contributed by atoms with Gasteiger partial charge in [0.05, 0.1) is 4.90 Å². The molecule has 0 bridgehead atoms. The molecule has 0 aliphatic carbocycles. The summed E-state index contributed by atoms with van der Waals surface area (Å²) in [7, 11) is -3.87. The van der Waals surface area contributed by atoms with Gasteiger partial charge in [-0.05, 0) is 54.9 Å². The number of likely N-dealkylation sites (tertiary alicyclic amines) is 1. The molecule has 1 N–H and O–H groups in total. The molecule has 2 heterocycles. The van der Waals surface area contributed by atoms with Crippen LogP contribution in [0.1, 0.15) is 52.5 Å². The Balaban J connectivity index is 1.80. The van der Waals surface area contributed by atoms with Gasteiger partial charge >= 0.3 is 0 Å². The summed E-state index contributed by atoms with van der Waals surface area (Å²) >= 11 is 0. The third-order valence-corrected chi connectivity index (χ3v) is 7.48. The van der Waals surface area contributed by atoms with Crippen molar-refractivity contribution in [3.8, 4) is 0 Å². The highest BCUT2D eigenvalue weighted by Crippen LogP contribution is 2.31. The third kappa shape index (κ3) is 4.70. The summed E-state index contributed by atoms with van der Waals surface area (Å²) in [6.45, 7) is 9.56. The molecule has 2 aliphatic heterocycles. The van der Waals surface area contributed by atoms with Gasteiger partial charge in [0, 0.05) is 31.7 Å². The minimum absolute atomic E-state index is 0.0312. The topological polar surface area (TPSA) is 86.8 Å². The van der Waals surface area contributed by atoms with E-state index in [1.807, 2.05) is 20.8 Å². The third-order valence-electron chi connectivity index (χ3n) is 6.04. The molecule has 30 heavy (non-hydrogen) atoms. The van der Waals surface area contributed by atoms with Crippen molar-refractivity contribution in [1.29, 1.82) is 0 Å². The molecule has 0 aromatic heterocycles. The standard InChI is InChI=1S/C22H33N3O4S/c1-5-20(26)25-12-10-17-13-18(8-9-19(17)25)30(28,29)23-21(15(2)3)22(27)24-11-6-7-16(4)14-24/h8-9,13,15-16,21,23H,5-7,10-12,14H2,1-4H3/t16-,21+/m0/s1. The number of sulfonamides is 1. The molecule has 1 aromatic rings. The van der Waals surface area contributed by atoms with Crippen LogP contribution in [0.4, 0.5) is 5.69 Å². The number of hydrogen-bond donors (Lipinski definition) is 1. The smallest absolute Gasteiger partial charge is 0.241 e. The lowest BCUT2D eigenvalue weighted by molar-refractivity contribution is -0.135. The predicted octanol–water partition coefficient (Wildman–Crippen LogP) is 2.55. The lowest BCUT2D eigenvalue weighted by Crippen LogP contribution is -2.53. The van der Waals surface area contributed by atoms with Crippen molar-refractivity contribution >= 4 is 27.5 Å². The van der Waals surface area contributed by atoms with Gasteiger partial charge in [-0.3, -0.25) is 9.59 Å². The molecule has 1 saturated heterocycles. The Labute approximate surface area is 179 Å². The lowest BCUT2D eigenvalue weighted by atomic mass is 9.97. The molecule has 8 heteroatoms. The van der Waals surface area contributed by atoms with Crippen molar-refractivity contribution in [1.82, 2.24) is 9.62 Å². The maximum atomic E-state index is 13.1. The second-order valence-electron chi connectivity index (χ2n) is 8.81. The Morgan fingerprint density at radius 3 is 2.60 bits per heavy atom. The van der Waals surface area contributed by atoms with Gasteiger partial charge in [-0.2, -0.15) is 4.72 Å². The summed E-state index contributed by atoms with van der Waals surface area (Å²) in [5.41, 5.74) is 1.62. The van der Waals surface area contributed by atoms with Crippen molar-refractivity contribution < 1.29 is 18.0 Å². The van der Waals surface area contributed by atoms with Crippen LogP contribution in [0.3, 0.4) is 0 Å². The number of hydrogen-bond acceptors (Lipinski definition) is 4. The number of nitrogens with one attached hydrogen (secondary N) is 1. The number of piperidine rings is 1. The first kappa shape index (κ1) is 22.7. The molecule has 2 atom stereocenters. The van der Waals surface area contributed by atoms with Gasteiger partial charge in [-0.1, -0.05) is 27.7 Å². The highest BCUT2D eigenvalue weighted by atomic mass is 32.2. The van der Waals surface area contributed by atoms with Crippen LogP contribution in [0.2, 0.25) is 0 Å². The Bertz CT molecular complexity index is 913. The van der Waals surface area contributed by atoms with E-state index in [4.69, 9.17) is 0 Å². The lowest BCUT2D eigenvalue weighted by Gasteiger charge is -2.34. The van der Waals surface area contributed by atoms with E-state index < -0.39 is 16.1 Å². The predicted molar refractivity (Wildman–Crippen MR) is 117 cm³/mol. The summed E-state index contributed by atoms with van der Waals surface area (Å²) in [6, 6.07) is 4.05. The Kier molecular flexibility index (Phi) is 6.87. The second-order valence-corrected chi connectivity index (χ2v) is 10.5. The average Bonchev–Trinajstić information content (AvgIpc) is 3.14. The number of fused-ring (bicyclic) bond motifs is 1. The van der Waals surface area contributed by atoms with Gasteiger partial charge in [0.2, 0.25) is 21.8 Å². The number of carbonyl (C=O) groups excluding carboxylic acids is 2. The molecule has 7 nitrogen and oxygen atoms in total. The van der Waals surface area contributed by atoms with E-state index in [0.29, 0.717) is 38.4 Å². The number of rotatable bonds is 6. The number of amides is 2. The first-order valence-corrected chi connectivity index (χ1v) is 12.4. The van der Waals surface area contributed by atoms with Gasteiger partial charge in [-0.15, -0.1) is 0 Å². The minimum atomic E-state index is -3.87. The fourth-order valence-corrected chi connectivity index (χ4v) is 5.68. The van der Waals surface area contributed by atoms with Crippen LogP contribution >= 0.6 is 0 Å². The van der Waals surface area contributed by atoms with Gasteiger partial charge < -0.3 is 9.80 Å². The van der Waals surface area contributed by atoms with Crippen LogP contribution in [0.15, 0.2) is 23.1 Å². The first-order valence-electron chi connectivity index (χ1n) is 10.9. The molecule has 0 unspecified atom stereocenters. The molecule has 0 saturated carbocycles. The summed E-state index contributed by atoms with van der Waals surface area (Å²) in [5, 5.41) is 0. The summed E-state index contributed by atoms with van der Waals surface area (Å²) in [6.07, 6.45) is 3.08. The van der Waals surface area contributed by atoms with Crippen molar-refractivity contribution in [2.24, 2.45) is 11.8 Å². The van der Waals surface area contributed by atoms with Gasteiger partial charge in [0.1, 0.15) is 6.04 Å². The number of anilines is 1. The van der Waals surface area contributed by atoms with Crippen LogP contribution in [-0.4, -0.2) is 50.8 Å². The summed E-state index contributed by atoms with van der Waals surface area (Å²) in [5.74, 6) is 0.138.